The van der Waals surface area contributed by atoms with Crippen molar-refractivity contribution < 1.29 is 12.4 Å². The molecule has 1 saturated heterocycles. The summed E-state index contributed by atoms with van der Waals surface area (Å²) in [6, 6.07) is 8.05. The zero-order valence-corrected chi connectivity index (χ0v) is 19.1. The molecule has 3 aromatic rings. The van der Waals surface area contributed by atoms with Crippen LogP contribution in [-0.4, -0.2) is 56.8 Å². The molecule has 1 aliphatic heterocycles. The molecule has 0 unspecified atom stereocenters. The quantitative estimate of drug-likeness (QED) is 0.450. The van der Waals surface area contributed by atoms with Crippen molar-refractivity contribution in [2.45, 2.75) is 32.9 Å². The van der Waals surface area contributed by atoms with Crippen LogP contribution in [0.3, 0.4) is 0 Å². The molecule has 2 atom stereocenters. The standard InChI is InChI=1S/C25H28N6O2.2H2/c1-5-6-10-24(33)28-19-11-20-21(13-27-25(20)26-12-19)22-8-7-9-23(29-22)30-14-16(2)31(18(4)32)17(3)15-30;;/h5-13,16-17H,1,14-15H2,2-4H3,(H,26,27)(H,28,33);2*1H/b10-6+;;/t16-,17+;;. The molecule has 2 amide bonds. The van der Waals surface area contributed by atoms with Gasteiger partial charge in [-0.25, -0.2) is 9.97 Å². The van der Waals surface area contributed by atoms with Gasteiger partial charge in [0, 0.05) is 58.2 Å². The van der Waals surface area contributed by atoms with Crippen molar-refractivity contribution in [3.63, 3.8) is 0 Å². The second kappa shape index (κ2) is 9.28. The Morgan fingerprint density at radius 3 is 2.73 bits per heavy atom. The number of nitrogens with one attached hydrogen (secondary N) is 2. The van der Waals surface area contributed by atoms with Gasteiger partial charge in [0.15, 0.2) is 0 Å². The van der Waals surface area contributed by atoms with Gasteiger partial charge in [-0.05, 0) is 32.0 Å². The van der Waals surface area contributed by atoms with Crippen molar-refractivity contribution in [2.75, 3.05) is 23.3 Å². The van der Waals surface area contributed by atoms with Crippen LogP contribution in [-0.2, 0) is 9.59 Å². The fraction of sp³-hybridized carbons (Fsp3) is 0.280. The smallest absolute Gasteiger partial charge is 0.248 e. The maximum absolute atomic E-state index is 12.0. The van der Waals surface area contributed by atoms with Gasteiger partial charge >= 0.3 is 0 Å². The van der Waals surface area contributed by atoms with Gasteiger partial charge in [0.2, 0.25) is 11.8 Å². The summed E-state index contributed by atoms with van der Waals surface area (Å²) in [5.41, 5.74) is 3.03. The molecule has 174 valence electrons. The molecule has 33 heavy (non-hydrogen) atoms. The minimum atomic E-state index is -0.249. The molecule has 0 spiro atoms. The summed E-state index contributed by atoms with van der Waals surface area (Å²) in [6.07, 6.45) is 8.03. The predicted molar refractivity (Wildman–Crippen MR) is 135 cm³/mol. The third-order valence-electron chi connectivity index (χ3n) is 5.80. The Morgan fingerprint density at radius 1 is 1.27 bits per heavy atom. The monoisotopic (exact) mass is 448 g/mol. The van der Waals surface area contributed by atoms with E-state index >= 15 is 0 Å². The van der Waals surface area contributed by atoms with Gasteiger partial charge in [-0.15, -0.1) is 0 Å². The first-order valence-corrected chi connectivity index (χ1v) is 11.0. The molecular weight excluding hydrogens is 416 g/mol. The highest BCUT2D eigenvalue weighted by Crippen LogP contribution is 2.30. The van der Waals surface area contributed by atoms with Crippen LogP contribution < -0.4 is 10.2 Å². The van der Waals surface area contributed by atoms with Crippen molar-refractivity contribution >= 4 is 34.4 Å². The normalized spacial score (nSPS) is 18.6. The summed E-state index contributed by atoms with van der Waals surface area (Å²) in [5, 5.41) is 3.68. The predicted octanol–water partition coefficient (Wildman–Crippen LogP) is 4.24. The summed E-state index contributed by atoms with van der Waals surface area (Å²) in [5.74, 6) is 0.725. The molecule has 1 aliphatic rings. The molecule has 0 aromatic carbocycles. The number of aromatic nitrogens is 3. The molecule has 0 radical (unpaired) electrons. The van der Waals surface area contributed by atoms with Crippen LogP contribution >= 0.6 is 0 Å². The Kier molecular flexibility index (Phi) is 6.26. The lowest BCUT2D eigenvalue weighted by molar-refractivity contribution is -0.133. The summed E-state index contributed by atoms with van der Waals surface area (Å²) >= 11 is 0. The van der Waals surface area contributed by atoms with Crippen LogP contribution in [0.2, 0.25) is 0 Å². The summed E-state index contributed by atoms with van der Waals surface area (Å²) < 4.78 is 0. The van der Waals surface area contributed by atoms with Crippen LogP contribution in [0.4, 0.5) is 11.5 Å². The summed E-state index contributed by atoms with van der Waals surface area (Å²) in [7, 11) is 0. The molecule has 0 aliphatic carbocycles. The summed E-state index contributed by atoms with van der Waals surface area (Å²) in [6.45, 7) is 10.8. The van der Waals surface area contributed by atoms with Crippen LogP contribution in [0.25, 0.3) is 22.3 Å². The second-order valence-electron chi connectivity index (χ2n) is 8.32. The molecule has 3 aromatic heterocycles. The number of piperazine rings is 1. The van der Waals surface area contributed by atoms with E-state index in [9.17, 15) is 9.59 Å². The Hall–Kier alpha value is -3.94. The van der Waals surface area contributed by atoms with E-state index in [2.05, 4.69) is 40.6 Å². The zero-order chi connectivity index (χ0) is 23.5. The van der Waals surface area contributed by atoms with Crippen molar-refractivity contribution in [2.24, 2.45) is 0 Å². The average molecular weight is 449 g/mol. The van der Waals surface area contributed by atoms with Gasteiger partial charge in [0.25, 0.3) is 0 Å². The van der Waals surface area contributed by atoms with Gasteiger partial charge in [-0.1, -0.05) is 24.8 Å². The average Bonchev–Trinajstić information content (AvgIpc) is 3.20. The van der Waals surface area contributed by atoms with Crippen LogP contribution in [0, 0.1) is 0 Å². The molecule has 4 heterocycles. The number of allylic oxidation sites excluding steroid dienone is 2. The number of fused-ring (bicyclic) bond motifs is 1. The van der Waals surface area contributed by atoms with E-state index < -0.39 is 0 Å². The molecule has 4 rings (SSSR count). The van der Waals surface area contributed by atoms with Crippen molar-refractivity contribution in [3.8, 4) is 11.3 Å². The summed E-state index contributed by atoms with van der Waals surface area (Å²) in [4.78, 5) is 40.7. The maximum atomic E-state index is 12.0. The molecular formula is C25H32N6O2. The van der Waals surface area contributed by atoms with Gasteiger partial charge in [0.1, 0.15) is 11.5 Å². The maximum Gasteiger partial charge on any atom is 0.248 e. The number of hydrogen-bond donors (Lipinski definition) is 2. The number of nitrogens with zero attached hydrogens (tertiary/aromatic N) is 4. The van der Waals surface area contributed by atoms with Gasteiger partial charge in [-0.3, -0.25) is 9.59 Å². The topological polar surface area (TPSA) is 94.2 Å². The number of carbonyl (C=O) groups is 2. The minimum absolute atomic E-state index is 0. The number of anilines is 2. The first-order valence-electron chi connectivity index (χ1n) is 11.0. The van der Waals surface area contributed by atoms with Gasteiger partial charge < -0.3 is 20.1 Å². The van der Waals surface area contributed by atoms with Crippen molar-refractivity contribution in [3.05, 3.63) is 61.5 Å². The Labute approximate surface area is 196 Å². The number of aromatic amines is 1. The van der Waals surface area contributed by atoms with E-state index in [-0.39, 0.29) is 26.8 Å². The first-order chi connectivity index (χ1) is 15.9. The lowest BCUT2D eigenvalue weighted by atomic mass is 10.1. The highest BCUT2D eigenvalue weighted by atomic mass is 16.2. The minimum Gasteiger partial charge on any atom is -0.352 e. The van der Waals surface area contributed by atoms with E-state index in [1.807, 2.05) is 35.4 Å². The van der Waals surface area contributed by atoms with Crippen molar-refractivity contribution in [1.82, 2.24) is 19.9 Å². The van der Waals surface area contributed by atoms with Crippen LogP contribution in [0.5, 0.6) is 0 Å². The highest BCUT2D eigenvalue weighted by molar-refractivity contribution is 6.01. The van der Waals surface area contributed by atoms with E-state index in [4.69, 9.17) is 4.98 Å². The number of hydrogen-bond acceptors (Lipinski definition) is 5. The first kappa shape index (κ1) is 22.3. The lowest BCUT2D eigenvalue weighted by Gasteiger charge is -2.44. The fourth-order valence-corrected chi connectivity index (χ4v) is 4.50. The zero-order valence-electron chi connectivity index (χ0n) is 19.1. The third kappa shape index (κ3) is 4.64. The van der Waals surface area contributed by atoms with Crippen LogP contribution in [0.15, 0.2) is 61.5 Å². The van der Waals surface area contributed by atoms with E-state index in [0.717, 1.165) is 35.6 Å². The van der Waals surface area contributed by atoms with Crippen LogP contribution in [0.1, 0.15) is 23.6 Å². The number of pyridine rings is 2. The molecule has 2 N–H and O–H groups in total. The second-order valence-corrected chi connectivity index (χ2v) is 8.32. The Balaban J connectivity index is 0.00000216. The molecule has 0 bridgehead atoms. The lowest BCUT2D eigenvalue weighted by Crippen LogP contribution is -2.58. The number of H-pyrrole nitrogens is 1. The van der Waals surface area contributed by atoms with Gasteiger partial charge in [-0.2, -0.15) is 0 Å². The van der Waals surface area contributed by atoms with E-state index in [1.165, 1.54) is 6.08 Å². The SMILES string of the molecule is C=C/C=C/C(=O)Nc1cnc2[nH]cc(-c3cccc(N4C[C@@H](C)N(C(C)=O)[C@@H](C)C4)n3)c2c1.[HH].[HH]. The number of rotatable bonds is 5. The van der Waals surface area contributed by atoms with Crippen molar-refractivity contribution in [1.29, 1.82) is 0 Å². The van der Waals surface area contributed by atoms with E-state index in [1.54, 1.807) is 25.3 Å². The van der Waals surface area contributed by atoms with E-state index in [0.29, 0.717) is 11.3 Å². The number of amides is 2. The molecule has 8 nitrogen and oxygen atoms in total. The Bertz CT molecular complexity index is 1230. The molecule has 8 heteroatoms. The Morgan fingerprint density at radius 2 is 2.03 bits per heavy atom. The third-order valence-corrected chi connectivity index (χ3v) is 5.80. The highest BCUT2D eigenvalue weighted by Gasteiger charge is 2.31. The number of carbonyl (C=O) groups excluding carboxylic acids is 2. The fourth-order valence-electron chi connectivity index (χ4n) is 4.50. The largest absolute Gasteiger partial charge is 0.352 e. The molecule has 1 fully saturated rings. The molecule has 0 saturated carbocycles. The van der Waals surface area contributed by atoms with Gasteiger partial charge in [0.05, 0.1) is 17.6 Å².